The number of carbonyl (C=O) groups excluding carboxylic acids is 2. The van der Waals surface area contributed by atoms with Gasteiger partial charge < -0.3 is 23.8 Å². The fraction of sp³-hybridized carbons (Fsp3) is 0.522. The van der Waals surface area contributed by atoms with Crippen LogP contribution in [-0.2, 0) is 11.3 Å². The first-order valence-corrected chi connectivity index (χ1v) is 10.7. The first kappa shape index (κ1) is 22.7. The molecule has 31 heavy (non-hydrogen) atoms. The van der Waals surface area contributed by atoms with Crippen molar-refractivity contribution in [3.8, 4) is 5.75 Å². The Hall–Kier alpha value is -3.03. The molecule has 0 spiro atoms. The van der Waals surface area contributed by atoms with Crippen molar-refractivity contribution < 1.29 is 23.6 Å². The van der Waals surface area contributed by atoms with Gasteiger partial charge in [0.2, 0.25) is 0 Å². The normalized spacial score (nSPS) is 14.5. The van der Waals surface area contributed by atoms with Gasteiger partial charge in [-0.3, -0.25) is 4.79 Å². The highest BCUT2D eigenvalue weighted by Crippen LogP contribution is 2.19. The molecule has 1 aliphatic rings. The zero-order valence-corrected chi connectivity index (χ0v) is 18.7. The lowest BCUT2D eigenvalue weighted by molar-refractivity contribution is 0.0746. The Labute approximate surface area is 183 Å². The molecule has 0 atom stereocenters. The van der Waals surface area contributed by atoms with Gasteiger partial charge in [-0.25, -0.2) is 4.79 Å². The Kier molecular flexibility index (Phi) is 7.55. The van der Waals surface area contributed by atoms with Gasteiger partial charge in [0.15, 0.2) is 0 Å². The van der Waals surface area contributed by atoms with Gasteiger partial charge in [0.05, 0.1) is 17.9 Å². The largest absolute Gasteiger partial charge is 0.489 e. The van der Waals surface area contributed by atoms with Crippen molar-refractivity contribution in [3.63, 3.8) is 0 Å². The second-order valence-electron chi connectivity index (χ2n) is 8.22. The van der Waals surface area contributed by atoms with Crippen molar-refractivity contribution in [3.05, 3.63) is 46.8 Å². The molecule has 0 unspecified atom stereocenters. The highest BCUT2D eigenvalue weighted by atomic mass is 16.6. The third kappa shape index (κ3) is 5.99. The minimum absolute atomic E-state index is 0.0466. The number of benzene rings is 1. The van der Waals surface area contributed by atoms with E-state index < -0.39 is 0 Å². The van der Waals surface area contributed by atoms with E-state index in [1.165, 1.54) is 0 Å². The SMILES string of the molecule is Cc1noc(C)c1COc1ccc(C(=O)N2CCCN(C(=O)OCC(C)C)CC2)cc1. The van der Waals surface area contributed by atoms with Gasteiger partial charge in [-0.05, 0) is 50.5 Å². The first-order valence-electron chi connectivity index (χ1n) is 10.7. The van der Waals surface area contributed by atoms with Gasteiger partial charge in [-0.1, -0.05) is 19.0 Å². The second kappa shape index (κ2) is 10.3. The monoisotopic (exact) mass is 429 g/mol. The standard InChI is InChI=1S/C23H31N3O5/c1-16(2)14-30-23(28)26-11-5-10-25(12-13-26)22(27)19-6-8-20(9-7-19)29-15-21-17(3)24-31-18(21)4/h6-9,16H,5,10-15H2,1-4H3. The Bertz CT molecular complexity index is 872. The average molecular weight is 430 g/mol. The summed E-state index contributed by atoms with van der Waals surface area (Å²) in [4.78, 5) is 28.6. The van der Waals surface area contributed by atoms with E-state index in [9.17, 15) is 9.59 Å². The summed E-state index contributed by atoms with van der Waals surface area (Å²) in [5, 5.41) is 3.92. The lowest BCUT2D eigenvalue weighted by Gasteiger charge is -2.22. The van der Waals surface area contributed by atoms with Crippen LogP contribution < -0.4 is 4.74 Å². The van der Waals surface area contributed by atoms with Gasteiger partial charge in [0.1, 0.15) is 18.1 Å². The molecule has 8 heteroatoms. The molecule has 2 aromatic rings. The van der Waals surface area contributed by atoms with E-state index >= 15 is 0 Å². The van der Waals surface area contributed by atoms with Crippen LogP contribution in [0.4, 0.5) is 4.79 Å². The van der Waals surface area contributed by atoms with Crippen molar-refractivity contribution in [1.82, 2.24) is 15.0 Å². The van der Waals surface area contributed by atoms with Gasteiger partial charge in [0, 0.05) is 31.7 Å². The molecule has 0 aliphatic carbocycles. The Morgan fingerprint density at radius 3 is 2.39 bits per heavy atom. The van der Waals surface area contributed by atoms with Crippen LogP contribution in [0.1, 0.15) is 47.6 Å². The number of aromatic nitrogens is 1. The number of carbonyl (C=O) groups is 2. The molecule has 2 amide bonds. The summed E-state index contributed by atoms with van der Waals surface area (Å²) in [5.74, 6) is 1.67. The average Bonchev–Trinajstić information content (AvgIpc) is 2.95. The van der Waals surface area contributed by atoms with Crippen LogP contribution in [0, 0.1) is 19.8 Å². The molecule has 168 valence electrons. The number of nitrogens with zero attached hydrogens (tertiary/aromatic N) is 3. The van der Waals surface area contributed by atoms with E-state index in [-0.39, 0.29) is 12.0 Å². The van der Waals surface area contributed by atoms with Crippen LogP contribution in [0.15, 0.2) is 28.8 Å². The van der Waals surface area contributed by atoms with Gasteiger partial charge >= 0.3 is 6.09 Å². The molecule has 1 fully saturated rings. The minimum Gasteiger partial charge on any atom is -0.489 e. The fourth-order valence-corrected chi connectivity index (χ4v) is 3.37. The number of ether oxygens (including phenoxy) is 2. The summed E-state index contributed by atoms with van der Waals surface area (Å²) < 4.78 is 16.3. The summed E-state index contributed by atoms with van der Waals surface area (Å²) in [6, 6.07) is 7.12. The molecule has 3 rings (SSSR count). The number of rotatable bonds is 6. The number of aryl methyl sites for hydroxylation is 2. The molecule has 0 bridgehead atoms. The van der Waals surface area contributed by atoms with Crippen molar-refractivity contribution in [2.24, 2.45) is 5.92 Å². The lowest BCUT2D eigenvalue weighted by Crippen LogP contribution is -2.37. The highest BCUT2D eigenvalue weighted by Gasteiger charge is 2.23. The predicted octanol–water partition coefficient (Wildman–Crippen LogP) is 3.81. The Morgan fingerprint density at radius 2 is 1.74 bits per heavy atom. The summed E-state index contributed by atoms with van der Waals surface area (Å²) >= 11 is 0. The van der Waals surface area contributed by atoms with E-state index in [1.54, 1.807) is 34.1 Å². The summed E-state index contributed by atoms with van der Waals surface area (Å²) in [6.45, 7) is 10.7. The smallest absolute Gasteiger partial charge is 0.409 e. The van der Waals surface area contributed by atoms with Gasteiger partial charge in [-0.2, -0.15) is 0 Å². The molecule has 0 saturated carbocycles. The van der Waals surface area contributed by atoms with Crippen molar-refractivity contribution in [2.45, 2.75) is 40.7 Å². The molecular weight excluding hydrogens is 398 g/mol. The minimum atomic E-state index is -0.303. The van der Waals surface area contributed by atoms with E-state index in [2.05, 4.69) is 5.16 Å². The Balaban J connectivity index is 1.53. The predicted molar refractivity (Wildman–Crippen MR) is 115 cm³/mol. The maximum absolute atomic E-state index is 12.9. The number of hydrogen-bond donors (Lipinski definition) is 0. The van der Waals surface area contributed by atoms with Gasteiger partial charge in [0.25, 0.3) is 5.91 Å². The molecule has 8 nitrogen and oxygen atoms in total. The topological polar surface area (TPSA) is 85.1 Å². The third-order valence-electron chi connectivity index (χ3n) is 5.25. The summed E-state index contributed by atoms with van der Waals surface area (Å²) in [7, 11) is 0. The quantitative estimate of drug-likeness (QED) is 0.694. The summed E-state index contributed by atoms with van der Waals surface area (Å²) in [6.07, 6.45) is 0.420. The number of hydrogen-bond acceptors (Lipinski definition) is 6. The zero-order chi connectivity index (χ0) is 22.4. The van der Waals surface area contributed by atoms with Crippen LogP contribution >= 0.6 is 0 Å². The molecule has 0 N–H and O–H groups in total. The van der Waals surface area contributed by atoms with Crippen LogP contribution in [0.3, 0.4) is 0 Å². The molecular formula is C23H31N3O5. The van der Waals surface area contributed by atoms with E-state index in [0.717, 1.165) is 23.4 Å². The number of amides is 2. The molecule has 0 radical (unpaired) electrons. The molecule has 1 aromatic carbocycles. The van der Waals surface area contributed by atoms with Crippen molar-refractivity contribution in [2.75, 3.05) is 32.8 Å². The zero-order valence-electron chi connectivity index (χ0n) is 18.7. The second-order valence-corrected chi connectivity index (χ2v) is 8.22. The van der Waals surface area contributed by atoms with Crippen molar-refractivity contribution in [1.29, 1.82) is 0 Å². The molecule has 1 aromatic heterocycles. The van der Waals surface area contributed by atoms with Crippen LogP contribution in [0.25, 0.3) is 0 Å². The Morgan fingerprint density at radius 1 is 1.06 bits per heavy atom. The van der Waals surface area contributed by atoms with E-state index in [1.807, 2.05) is 27.7 Å². The molecule has 1 saturated heterocycles. The maximum atomic E-state index is 12.9. The van der Waals surface area contributed by atoms with E-state index in [4.69, 9.17) is 14.0 Å². The maximum Gasteiger partial charge on any atom is 0.409 e. The first-order chi connectivity index (χ1) is 14.8. The van der Waals surface area contributed by atoms with Crippen LogP contribution in [0.2, 0.25) is 0 Å². The van der Waals surface area contributed by atoms with Crippen molar-refractivity contribution >= 4 is 12.0 Å². The lowest BCUT2D eigenvalue weighted by atomic mass is 10.2. The van der Waals surface area contributed by atoms with Crippen LogP contribution in [0.5, 0.6) is 5.75 Å². The van der Waals surface area contributed by atoms with E-state index in [0.29, 0.717) is 56.6 Å². The highest BCUT2D eigenvalue weighted by molar-refractivity contribution is 5.94. The third-order valence-corrected chi connectivity index (χ3v) is 5.25. The summed E-state index contributed by atoms with van der Waals surface area (Å²) in [5.41, 5.74) is 2.34. The fourth-order valence-electron chi connectivity index (χ4n) is 3.37. The van der Waals surface area contributed by atoms with Gasteiger partial charge in [-0.15, -0.1) is 0 Å². The molecule has 2 heterocycles. The molecule has 1 aliphatic heterocycles. The van der Waals surface area contributed by atoms with Crippen LogP contribution in [-0.4, -0.2) is 59.7 Å².